The van der Waals surface area contributed by atoms with Gasteiger partial charge in [-0.2, -0.15) is 0 Å². The lowest BCUT2D eigenvalue weighted by atomic mass is 9.95. The molecule has 0 unspecified atom stereocenters. The van der Waals surface area contributed by atoms with E-state index in [2.05, 4.69) is 21.2 Å². The van der Waals surface area contributed by atoms with Crippen LogP contribution in [0.4, 0.5) is 5.69 Å². The van der Waals surface area contributed by atoms with Gasteiger partial charge in [0.1, 0.15) is 0 Å². The molecule has 1 fully saturated rings. The largest absolute Gasteiger partial charge is 0.452 e. The number of ether oxygens (including phenoxy) is 1. The van der Waals surface area contributed by atoms with Crippen molar-refractivity contribution >= 4 is 33.5 Å². The Bertz CT molecular complexity index is 507. The van der Waals surface area contributed by atoms with E-state index in [-0.39, 0.29) is 18.6 Å². The average molecular weight is 355 g/mol. The zero-order valence-electron chi connectivity index (χ0n) is 11.7. The summed E-state index contributed by atoms with van der Waals surface area (Å²) in [6, 6.07) is 5.03. The van der Waals surface area contributed by atoms with Crippen molar-refractivity contribution in [2.75, 3.05) is 12.3 Å². The third-order valence-electron chi connectivity index (χ3n) is 3.46. The number of nitrogen functional groups attached to an aromatic ring is 1. The highest BCUT2D eigenvalue weighted by Gasteiger charge is 2.17. The molecule has 1 amide bonds. The molecule has 5 nitrogen and oxygen atoms in total. The Hall–Kier alpha value is -1.56. The lowest BCUT2D eigenvalue weighted by Crippen LogP contribution is -2.38. The Labute approximate surface area is 132 Å². The molecule has 0 saturated heterocycles. The predicted octanol–water partition coefficient (Wildman–Crippen LogP) is 2.64. The Morgan fingerprint density at radius 1 is 1.24 bits per heavy atom. The van der Waals surface area contributed by atoms with Crippen molar-refractivity contribution in [3.8, 4) is 0 Å². The zero-order chi connectivity index (χ0) is 15.2. The third-order valence-corrected chi connectivity index (χ3v) is 3.92. The van der Waals surface area contributed by atoms with Crippen molar-refractivity contribution in [2.45, 2.75) is 38.1 Å². The standard InChI is InChI=1S/C15H19BrN2O3/c16-11-6-10(7-12(17)8-11)15(20)21-9-14(19)18-13-4-2-1-3-5-13/h6-8,13H,1-5,9,17H2,(H,18,19). The molecule has 0 bridgehead atoms. The van der Waals surface area contributed by atoms with Gasteiger partial charge in [0.2, 0.25) is 0 Å². The number of halogens is 1. The van der Waals surface area contributed by atoms with Crippen LogP contribution in [0.25, 0.3) is 0 Å². The number of esters is 1. The molecule has 0 radical (unpaired) electrons. The maximum absolute atomic E-state index is 11.9. The zero-order valence-corrected chi connectivity index (χ0v) is 13.3. The number of hydrogen-bond acceptors (Lipinski definition) is 4. The molecule has 0 aliphatic heterocycles. The number of carbonyl (C=O) groups excluding carboxylic acids is 2. The molecule has 114 valence electrons. The summed E-state index contributed by atoms with van der Waals surface area (Å²) in [5.41, 5.74) is 6.45. The summed E-state index contributed by atoms with van der Waals surface area (Å²) in [6.07, 6.45) is 5.51. The first kappa shape index (κ1) is 15.8. The van der Waals surface area contributed by atoms with E-state index in [1.165, 1.54) is 12.5 Å². The highest BCUT2D eigenvalue weighted by Crippen LogP contribution is 2.18. The summed E-state index contributed by atoms with van der Waals surface area (Å²) in [7, 11) is 0. The van der Waals surface area contributed by atoms with Crippen molar-refractivity contribution in [1.82, 2.24) is 5.32 Å². The van der Waals surface area contributed by atoms with Crippen LogP contribution in [0.1, 0.15) is 42.5 Å². The van der Waals surface area contributed by atoms with E-state index in [1.807, 2.05) is 0 Å². The normalized spacial score (nSPS) is 15.5. The van der Waals surface area contributed by atoms with Gasteiger partial charge in [0.25, 0.3) is 5.91 Å². The number of amides is 1. The van der Waals surface area contributed by atoms with Crippen LogP contribution in [0.15, 0.2) is 22.7 Å². The maximum atomic E-state index is 11.9. The van der Waals surface area contributed by atoms with Gasteiger partial charge in [-0.1, -0.05) is 35.2 Å². The van der Waals surface area contributed by atoms with E-state index in [0.717, 1.165) is 25.7 Å². The fourth-order valence-electron chi connectivity index (χ4n) is 2.46. The summed E-state index contributed by atoms with van der Waals surface area (Å²) >= 11 is 3.26. The lowest BCUT2D eigenvalue weighted by molar-refractivity contribution is -0.125. The van der Waals surface area contributed by atoms with E-state index in [9.17, 15) is 9.59 Å². The number of benzene rings is 1. The molecule has 0 atom stereocenters. The van der Waals surface area contributed by atoms with Crippen LogP contribution in [-0.2, 0) is 9.53 Å². The summed E-state index contributed by atoms with van der Waals surface area (Å²) in [5, 5.41) is 2.90. The molecule has 1 aromatic carbocycles. The highest BCUT2D eigenvalue weighted by molar-refractivity contribution is 9.10. The second-order valence-corrected chi connectivity index (χ2v) is 6.17. The minimum absolute atomic E-state index is 0.214. The highest BCUT2D eigenvalue weighted by atomic mass is 79.9. The van der Waals surface area contributed by atoms with Crippen LogP contribution < -0.4 is 11.1 Å². The second kappa shape index (κ2) is 7.45. The van der Waals surface area contributed by atoms with Gasteiger partial charge < -0.3 is 15.8 Å². The first-order chi connectivity index (χ1) is 10.0. The van der Waals surface area contributed by atoms with Gasteiger partial charge in [-0.15, -0.1) is 0 Å². The van der Waals surface area contributed by atoms with E-state index < -0.39 is 5.97 Å². The first-order valence-corrected chi connectivity index (χ1v) is 7.86. The van der Waals surface area contributed by atoms with Crippen molar-refractivity contribution in [3.05, 3.63) is 28.2 Å². The molecule has 1 aliphatic carbocycles. The topological polar surface area (TPSA) is 81.4 Å². The molecule has 1 aliphatic rings. The summed E-state index contributed by atoms with van der Waals surface area (Å²) < 4.78 is 5.71. The monoisotopic (exact) mass is 354 g/mol. The molecule has 0 aromatic heterocycles. The van der Waals surface area contributed by atoms with Crippen molar-refractivity contribution in [2.24, 2.45) is 0 Å². The van der Waals surface area contributed by atoms with Gasteiger partial charge in [-0.3, -0.25) is 4.79 Å². The summed E-state index contributed by atoms with van der Waals surface area (Å²) in [4.78, 5) is 23.6. The Morgan fingerprint density at radius 3 is 2.62 bits per heavy atom. The molecule has 21 heavy (non-hydrogen) atoms. The van der Waals surface area contributed by atoms with Crippen LogP contribution in [0.2, 0.25) is 0 Å². The van der Waals surface area contributed by atoms with Gasteiger partial charge in [0, 0.05) is 16.2 Å². The van der Waals surface area contributed by atoms with Crippen LogP contribution in [-0.4, -0.2) is 24.5 Å². The lowest BCUT2D eigenvalue weighted by Gasteiger charge is -2.22. The fraction of sp³-hybridized carbons (Fsp3) is 0.467. The maximum Gasteiger partial charge on any atom is 0.338 e. The summed E-state index contributed by atoms with van der Waals surface area (Å²) in [5.74, 6) is -0.806. The molecule has 2 rings (SSSR count). The van der Waals surface area contributed by atoms with Crippen LogP contribution >= 0.6 is 15.9 Å². The Balaban J connectivity index is 1.81. The van der Waals surface area contributed by atoms with Crippen LogP contribution in [0.3, 0.4) is 0 Å². The Morgan fingerprint density at radius 2 is 1.95 bits per heavy atom. The molecular weight excluding hydrogens is 336 g/mol. The Kier molecular flexibility index (Phi) is 5.61. The molecule has 1 aromatic rings. The van der Waals surface area contributed by atoms with E-state index in [0.29, 0.717) is 15.7 Å². The minimum Gasteiger partial charge on any atom is -0.452 e. The van der Waals surface area contributed by atoms with Crippen LogP contribution in [0, 0.1) is 0 Å². The van der Waals surface area contributed by atoms with Crippen molar-refractivity contribution < 1.29 is 14.3 Å². The predicted molar refractivity (Wildman–Crippen MR) is 83.9 cm³/mol. The second-order valence-electron chi connectivity index (χ2n) is 5.25. The van der Waals surface area contributed by atoms with Gasteiger partial charge in [-0.25, -0.2) is 4.79 Å². The minimum atomic E-state index is -0.554. The molecule has 0 heterocycles. The van der Waals surface area contributed by atoms with Crippen LogP contribution in [0.5, 0.6) is 0 Å². The van der Waals surface area contributed by atoms with Gasteiger partial charge >= 0.3 is 5.97 Å². The molecule has 3 N–H and O–H groups in total. The van der Waals surface area contributed by atoms with E-state index in [1.54, 1.807) is 12.1 Å². The average Bonchev–Trinajstić information content (AvgIpc) is 2.45. The number of hydrogen-bond donors (Lipinski definition) is 2. The van der Waals surface area contributed by atoms with Gasteiger partial charge in [0.15, 0.2) is 6.61 Å². The summed E-state index contributed by atoms with van der Waals surface area (Å²) in [6.45, 7) is -0.262. The molecule has 0 spiro atoms. The molecule has 6 heteroatoms. The number of nitrogens with one attached hydrogen (secondary N) is 1. The first-order valence-electron chi connectivity index (χ1n) is 7.07. The number of anilines is 1. The molecule has 1 saturated carbocycles. The number of rotatable bonds is 4. The van der Waals surface area contributed by atoms with Crippen molar-refractivity contribution in [3.63, 3.8) is 0 Å². The van der Waals surface area contributed by atoms with Gasteiger partial charge in [0.05, 0.1) is 5.56 Å². The smallest absolute Gasteiger partial charge is 0.338 e. The fourth-order valence-corrected chi connectivity index (χ4v) is 2.97. The number of carbonyl (C=O) groups is 2. The SMILES string of the molecule is Nc1cc(Br)cc(C(=O)OCC(=O)NC2CCCCC2)c1. The van der Waals surface area contributed by atoms with E-state index >= 15 is 0 Å². The van der Waals surface area contributed by atoms with Gasteiger partial charge in [-0.05, 0) is 31.0 Å². The number of nitrogens with two attached hydrogens (primary N) is 1. The third kappa shape index (κ3) is 5.04. The van der Waals surface area contributed by atoms with Crippen molar-refractivity contribution in [1.29, 1.82) is 0 Å². The quantitative estimate of drug-likeness (QED) is 0.643. The molecular formula is C15H19BrN2O3. The van der Waals surface area contributed by atoms with E-state index in [4.69, 9.17) is 10.5 Å².